The highest BCUT2D eigenvalue weighted by atomic mass is 16.5. The summed E-state index contributed by atoms with van der Waals surface area (Å²) in [5, 5.41) is 4.45. The van der Waals surface area contributed by atoms with Crippen molar-refractivity contribution in [2.45, 2.75) is 38.0 Å². The van der Waals surface area contributed by atoms with Crippen LogP contribution in [0.5, 0.6) is 23.0 Å². The monoisotopic (exact) mass is 461 g/mol. The number of methoxy groups -OCH3 is 4. The van der Waals surface area contributed by atoms with Crippen molar-refractivity contribution in [3.63, 3.8) is 0 Å². The van der Waals surface area contributed by atoms with E-state index in [-0.39, 0.29) is 5.56 Å². The lowest BCUT2D eigenvalue weighted by molar-refractivity contribution is 0.344. The number of aromatic nitrogens is 1. The van der Waals surface area contributed by atoms with Crippen molar-refractivity contribution in [1.29, 1.82) is 0 Å². The molecule has 1 aromatic heterocycles. The molecular weight excluding hydrogens is 430 g/mol. The Hall–Kier alpha value is -3.41. The molecule has 6 heteroatoms. The summed E-state index contributed by atoms with van der Waals surface area (Å²) in [6.45, 7) is 0. The van der Waals surface area contributed by atoms with Crippen LogP contribution in [-0.4, -0.2) is 33.0 Å². The second-order valence-corrected chi connectivity index (χ2v) is 9.01. The number of nitrogens with zero attached hydrogens (tertiary/aromatic N) is 1. The molecule has 34 heavy (non-hydrogen) atoms. The summed E-state index contributed by atoms with van der Waals surface area (Å²) in [6.07, 6.45) is 5.96. The van der Waals surface area contributed by atoms with Gasteiger partial charge in [-0.25, -0.2) is 0 Å². The largest absolute Gasteiger partial charge is 0.493 e. The predicted molar refractivity (Wildman–Crippen MR) is 136 cm³/mol. The van der Waals surface area contributed by atoms with Crippen LogP contribution in [0.3, 0.4) is 0 Å². The first-order valence-corrected chi connectivity index (χ1v) is 11.8. The molecule has 1 fully saturated rings. The van der Waals surface area contributed by atoms with E-state index in [0.29, 0.717) is 28.6 Å². The molecule has 178 valence electrons. The zero-order valence-corrected chi connectivity index (χ0v) is 20.5. The van der Waals surface area contributed by atoms with Crippen molar-refractivity contribution in [2.75, 3.05) is 28.4 Å². The maximum Gasteiger partial charge on any atom is 0.262 e. The summed E-state index contributed by atoms with van der Waals surface area (Å²) < 4.78 is 24.5. The van der Waals surface area contributed by atoms with Gasteiger partial charge in [0.15, 0.2) is 23.0 Å². The molecule has 0 N–H and O–H groups in total. The van der Waals surface area contributed by atoms with Crippen LogP contribution in [0.1, 0.15) is 43.6 Å². The first-order chi connectivity index (χ1) is 16.5. The molecule has 0 spiro atoms. The Morgan fingerprint density at radius 1 is 0.735 bits per heavy atom. The molecule has 0 amide bonds. The molecule has 6 nitrogen and oxygen atoms in total. The van der Waals surface area contributed by atoms with E-state index in [4.69, 9.17) is 18.9 Å². The average molecular weight is 462 g/mol. The maximum absolute atomic E-state index is 13.7. The minimum atomic E-state index is -0.125. The highest BCUT2D eigenvalue weighted by Crippen LogP contribution is 2.48. The molecule has 1 aliphatic rings. The summed E-state index contributed by atoms with van der Waals surface area (Å²) in [6, 6.07) is 10.1. The van der Waals surface area contributed by atoms with Crippen molar-refractivity contribution in [3.05, 3.63) is 46.2 Å². The summed E-state index contributed by atoms with van der Waals surface area (Å²) >= 11 is 0. The Labute approximate surface area is 199 Å². The summed E-state index contributed by atoms with van der Waals surface area (Å²) in [4.78, 5) is 13.7. The van der Waals surface area contributed by atoms with Crippen molar-refractivity contribution in [1.82, 2.24) is 4.57 Å². The molecule has 5 rings (SSSR count). The van der Waals surface area contributed by atoms with E-state index in [1.807, 2.05) is 25.2 Å². The van der Waals surface area contributed by atoms with Crippen molar-refractivity contribution in [2.24, 2.45) is 7.05 Å². The minimum absolute atomic E-state index is 0.125. The van der Waals surface area contributed by atoms with Crippen LogP contribution in [0.4, 0.5) is 0 Å². The van der Waals surface area contributed by atoms with Crippen molar-refractivity contribution < 1.29 is 18.9 Å². The number of hydrogen-bond acceptors (Lipinski definition) is 5. The minimum Gasteiger partial charge on any atom is -0.493 e. The third-order valence-corrected chi connectivity index (χ3v) is 7.38. The van der Waals surface area contributed by atoms with E-state index in [0.717, 1.165) is 45.7 Å². The van der Waals surface area contributed by atoms with E-state index in [1.54, 1.807) is 33.0 Å². The van der Waals surface area contributed by atoms with E-state index in [1.165, 1.54) is 24.8 Å². The number of ether oxygens (including phenoxy) is 4. The summed E-state index contributed by atoms with van der Waals surface area (Å²) in [5.41, 5.74) is 1.94. The molecule has 1 heterocycles. The Bertz CT molecular complexity index is 1460. The van der Waals surface area contributed by atoms with Gasteiger partial charge in [0.2, 0.25) is 0 Å². The molecule has 0 aliphatic heterocycles. The highest BCUT2D eigenvalue weighted by Gasteiger charge is 2.26. The van der Waals surface area contributed by atoms with Gasteiger partial charge in [-0.15, -0.1) is 0 Å². The Kier molecular flexibility index (Phi) is 5.76. The third kappa shape index (κ3) is 3.19. The summed E-state index contributed by atoms with van der Waals surface area (Å²) in [5.74, 6) is 2.90. The van der Waals surface area contributed by atoms with Gasteiger partial charge in [0, 0.05) is 28.8 Å². The van der Waals surface area contributed by atoms with Gasteiger partial charge in [0.05, 0.1) is 39.3 Å². The zero-order valence-electron chi connectivity index (χ0n) is 20.5. The smallest absolute Gasteiger partial charge is 0.262 e. The molecule has 0 saturated heterocycles. The van der Waals surface area contributed by atoms with Crippen LogP contribution in [0, 0.1) is 0 Å². The van der Waals surface area contributed by atoms with Gasteiger partial charge >= 0.3 is 0 Å². The van der Waals surface area contributed by atoms with Gasteiger partial charge in [0.25, 0.3) is 5.56 Å². The van der Waals surface area contributed by atoms with Gasteiger partial charge in [-0.3, -0.25) is 4.79 Å². The van der Waals surface area contributed by atoms with E-state index >= 15 is 0 Å². The van der Waals surface area contributed by atoms with Crippen LogP contribution in [0.2, 0.25) is 0 Å². The number of pyridine rings is 1. The zero-order chi connectivity index (χ0) is 24.0. The number of benzene rings is 3. The number of hydrogen-bond donors (Lipinski definition) is 0. The average Bonchev–Trinajstić information content (AvgIpc) is 2.89. The molecule has 0 radical (unpaired) electrons. The lowest BCUT2D eigenvalue weighted by Gasteiger charge is -2.27. The molecule has 1 aliphatic carbocycles. The number of aryl methyl sites for hydroxylation is 1. The highest BCUT2D eigenvalue weighted by molar-refractivity contribution is 6.17. The lowest BCUT2D eigenvalue weighted by Crippen LogP contribution is -2.18. The van der Waals surface area contributed by atoms with E-state index < -0.39 is 0 Å². The second kappa shape index (κ2) is 8.75. The normalized spacial score (nSPS) is 14.6. The Balaban J connectivity index is 1.96. The van der Waals surface area contributed by atoms with E-state index in [9.17, 15) is 4.79 Å². The molecule has 0 atom stereocenters. The summed E-state index contributed by atoms with van der Waals surface area (Å²) in [7, 11) is 8.34. The topological polar surface area (TPSA) is 58.9 Å². The first-order valence-electron chi connectivity index (χ1n) is 11.8. The standard InChI is InChI=1S/C28H31NO5/c1-29-25-19(17-13-14-21(31-2)26(33-4)24(17)28(29)30)12-11-18-20(25)15-22(32-3)27(34-5)23(18)16-9-7-6-8-10-16/h11-16H,6-10H2,1-5H3. The predicted octanol–water partition coefficient (Wildman–Crippen LogP) is 5.93. The fourth-order valence-electron chi connectivity index (χ4n) is 5.81. The maximum atomic E-state index is 13.7. The molecule has 4 aromatic rings. The Morgan fingerprint density at radius 2 is 1.38 bits per heavy atom. The van der Waals surface area contributed by atoms with Crippen LogP contribution in [0.25, 0.3) is 32.4 Å². The number of fused-ring (bicyclic) bond motifs is 5. The van der Waals surface area contributed by atoms with Gasteiger partial charge < -0.3 is 23.5 Å². The SMILES string of the molecule is COc1cc2c(ccc3c4ccc(OC)c(OC)c4c(=O)n(C)c23)c(C2CCCCC2)c1OC. The number of rotatable bonds is 5. The van der Waals surface area contributed by atoms with Gasteiger partial charge in [-0.2, -0.15) is 0 Å². The van der Waals surface area contributed by atoms with Crippen molar-refractivity contribution >= 4 is 32.4 Å². The lowest BCUT2D eigenvalue weighted by atomic mass is 9.81. The third-order valence-electron chi connectivity index (χ3n) is 7.38. The molecule has 3 aromatic carbocycles. The fourth-order valence-corrected chi connectivity index (χ4v) is 5.81. The molecule has 0 bridgehead atoms. The van der Waals surface area contributed by atoms with E-state index in [2.05, 4.69) is 12.1 Å². The second-order valence-electron chi connectivity index (χ2n) is 9.01. The van der Waals surface area contributed by atoms with Crippen LogP contribution in [-0.2, 0) is 7.05 Å². The fraction of sp³-hybridized carbons (Fsp3) is 0.393. The van der Waals surface area contributed by atoms with Crippen LogP contribution < -0.4 is 24.5 Å². The first kappa shape index (κ1) is 22.4. The quantitative estimate of drug-likeness (QED) is 0.345. The molecule has 1 saturated carbocycles. The van der Waals surface area contributed by atoms with Crippen LogP contribution in [0.15, 0.2) is 35.1 Å². The van der Waals surface area contributed by atoms with Crippen LogP contribution >= 0.6 is 0 Å². The van der Waals surface area contributed by atoms with Gasteiger partial charge in [-0.1, -0.05) is 31.4 Å². The Morgan fingerprint density at radius 3 is 2.03 bits per heavy atom. The van der Waals surface area contributed by atoms with Gasteiger partial charge in [-0.05, 0) is 42.3 Å². The van der Waals surface area contributed by atoms with Crippen molar-refractivity contribution in [3.8, 4) is 23.0 Å². The van der Waals surface area contributed by atoms with Gasteiger partial charge in [0.1, 0.15) is 0 Å². The molecular formula is C28H31NO5. The molecule has 0 unspecified atom stereocenters.